The van der Waals surface area contributed by atoms with Crippen molar-refractivity contribution in [2.24, 2.45) is 0 Å². The molecule has 1 aliphatic heterocycles. The van der Waals surface area contributed by atoms with E-state index < -0.39 is 23.8 Å². The first-order valence-electron chi connectivity index (χ1n) is 10.5. The first-order chi connectivity index (χ1) is 17.6. The lowest BCUT2D eigenvalue weighted by Crippen LogP contribution is -2.54. The number of carbonyl (C=O) groups excluding carboxylic acids is 4. The number of halogens is 4. The highest BCUT2D eigenvalue weighted by Crippen LogP contribution is 2.29. The number of anilines is 2. The number of nitrogens with zero attached hydrogens (tertiary/aromatic N) is 1. The third kappa shape index (κ3) is 6.31. The SMILES string of the molecule is O=C(COc1ccc(Br)cc1/C=C1\C(=O)NC(=O)N(c2cccc(Cl)c2)C1=O)Nc1ccc(Cl)c(Cl)c1. The Balaban J connectivity index is 1.57. The van der Waals surface area contributed by atoms with E-state index >= 15 is 0 Å². The molecule has 0 aromatic heterocycles. The maximum atomic E-state index is 13.2. The van der Waals surface area contributed by atoms with Gasteiger partial charge in [-0.15, -0.1) is 0 Å². The van der Waals surface area contributed by atoms with E-state index in [1.54, 1.807) is 42.5 Å². The molecule has 4 rings (SSSR count). The van der Waals surface area contributed by atoms with Gasteiger partial charge in [-0.1, -0.05) is 56.8 Å². The Labute approximate surface area is 234 Å². The number of hydrogen-bond donors (Lipinski definition) is 2. The van der Waals surface area contributed by atoms with Gasteiger partial charge in [-0.25, -0.2) is 9.69 Å². The van der Waals surface area contributed by atoms with Gasteiger partial charge in [-0.05, 0) is 60.7 Å². The largest absolute Gasteiger partial charge is 0.483 e. The fourth-order valence-electron chi connectivity index (χ4n) is 3.34. The number of nitrogens with one attached hydrogen (secondary N) is 2. The molecule has 1 aliphatic rings. The molecule has 1 fully saturated rings. The van der Waals surface area contributed by atoms with Crippen LogP contribution in [0.3, 0.4) is 0 Å². The third-order valence-electron chi connectivity index (χ3n) is 5.00. The van der Waals surface area contributed by atoms with Gasteiger partial charge in [0.2, 0.25) is 0 Å². The Kier molecular flexibility index (Phi) is 8.19. The van der Waals surface area contributed by atoms with Crippen molar-refractivity contribution >= 4 is 91.9 Å². The molecule has 1 saturated heterocycles. The van der Waals surface area contributed by atoms with Crippen LogP contribution in [-0.4, -0.2) is 30.4 Å². The topological polar surface area (TPSA) is 105 Å². The molecule has 0 atom stereocenters. The second-order valence-electron chi connectivity index (χ2n) is 7.59. The van der Waals surface area contributed by atoms with Crippen LogP contribution in [0.1, 0.15) is 5.56 Å². The zero-order valence-electron chi connectivity index (χ0n) is 18.6. The molecule has 0 bridgehead atoms. The number of carbonyl (C=O) groups is 4. The Morgan fingerprint density at radius 2 is 1.78 bits per heavy atom. The fourth-order valence-corrected chi connectivity index (χ4v) is 4.20. The number of benzene rings is 3. The Hall–Kier alpha value is -3.37. The Morgan fingerprint density at radius 1 is 1.00 bits per heavy atom. The van der Waals surface area contributed by atoms with Gasteiger partial charge in [0.05, 0.1) is 15.7 Å². The zero-order chi connectivity index (χ0) is 26.7. The molecule has 3 aromatic carbocycles. The highest BCUT2D eigenvalue weighted by Gasteiger charge is 2.37. The monoisotopic (exact) mass is 621 g/mol. The van der Waals surface area contributed by atoms with Crippen molar-refractivity contribution in [2.75, 3.05) is 16.8 Å². The van der Waals surface area contributed by atoms with Crippen molar-refractivity contribution < 1.29 is 23.9 Å². The van der Waals surface area contributed by atoms with Crippen molar-refractivity contribution in [1.29, 1.82) is 0 Å². The summed E-state index contributed by atoms with van der Waals surface area (Å²) in [6.07, 6.45) is 1.28. The molecule has 8 nitrogen and oxygen atoms in total. The maximum Gasteiger partial charge on any atom is 0.335 e. The second kappa shape index (κ2) is 11.4. The summed E-state index contributed by atoms with van der Waals surface area (Å²) in [6, 6.07) is 14.6. The molecule has 188 valence electrons. The van der Waals surface area contributed by atoms with Crippen molar-refractivity contribution in [3.05, 3.63) is 91.3 Å². The highest BCUT2D eigenvalue weighted by molar-refractivity contribution is 9.10. The van der Waals surface area contributed by atoms with Gasteiger partial charge in [0.1, 0.15) is 11.3 Å². The predicted octanol–water partition coefficient (Wildman–Crippen LogP) is 6.09. The summed E-state index contributed by atoms with van der Waals surface area (Å²) in [6.45, 7) is -0.384. The summed E-state index contributed by atoms with van der Waals surface area (Å²) < 4.78 is 6.29. The molecular formula is C25H15BrCl3N3O5. The Bertz CT molecular complexity index is 1480. The van der Waals surface area contributed by atoms with Gasteiger partial charge in [-0.3, -0.25) is 19.7 Å². The first kappa shape index (κ1) is 26.7. The summed E-state index contributed by atoms with van der Waals surface area (Å²) in [5.74, 6) is -1.99. The van der Waals surface area contributed by atoms with Crippen LogP contribution in [0.5, 0.6) is 5.75 Å². The van der Waals surface area contributed by atoms with Crippen LogP contribution in [0.4, 0.5) is 16.2 Å². The van der Waals surface area contributed by atoms with Crippen molar-refractivity contribution in [1.82, 2.24) is 5.32 Å². The second-order valence-corrected chi connectivity index (χ2v) is 9.75. The van der Waals surface area contributed by atoms with Gasteiger partial charge in [0.25, 0.3) is 17.7 Å². The average Bonchev–Trinajstić information content (AvgIpc) is 2.83. The minimum Gasteiger partial charge on any atom is -0.483 e. The molecular weight excluding hydrogens is 609 g/mol. The van der Waals surface area contributed by atoms with E-state index in [4.69, 9.17) is 39.5 Å². The summed E-state index contributed by atoms with van der Waals surface area (Å²) in [7, 11) is 0. The smallest absolute Gasteiger partial charge is 0.335 e. The van der Waals surface area contributed by atoms with Crippen LogP contribution in [0, 0.1) is 0 Å². The molecule has 5 amide bonds. The number of ether oxygens (including phenoxy) is 1. The number of rotatable bonds is 6. The van der Waals surface area contributed by atoms with Gasteiger partial charge >= 0.3 is 6.03 Å². The van der Waals surface area contributed by atoms with Crippen LogP contribution < -0.4 is 20.3 Å². The summed E-state index contributed by atoms with van der Waals surface area (Å²) >= 11 is 21.2. The number of amides is 5. The van der Waals surface area contributed by atoms with E-state index in [0.717, 1.165) is 4.90 Å². The molecule has 0 unspecified atom stereocenters. The standard InChI is InChI=1S/C25H15BrCl3N3O5/c26-14-4-7-21(37-12-22(33)30-16-5-6-19(28)20(29)11-16)13(8-14)9-18-23(34)31-25(36)32(24(18)35)17-3-1-2-15(27)10-17/h1-11H,12H2,(H,30,33)(H,31,34,36)/b18-9+. The lowest BCUT2D eigenvalue weighted by molar-refractivity contribution is -0.122. The van der Waals surface area contributed by atoms with E-state index in [2.05, 4.69) is 26.6 Å². The zero-order valence-corrected chi connectivity index (χ0v) is 22.4. The molecule has 2 N–H and O–H groups in total. The molecule has 12 heteroatoms. The number of barbiturate groups is 1. The molecule has 0 saturated carbocycles. The number of imide groups is 2. The average molecular weight is 624 g/mol. The van der Waals surface area contributed by atoms with E-state index in [-0.39, 0.29) is 28.6 Å². The molecule has 37 heavy (non-hydrogen) atoms. The van der Waals surface area contributed by atoms with Crippen LogP contribution in [0.15, 0.2) is 70.7 Å². The summed E-state index contributed by atoms with van der Waals surface area (Å²) in [4.78, 5) is 51.4. The van der Waals surface area contributed by atoms with Gasteiger partial charge in [0, 0.05) is 20.7 Å². The molecule has 3 aromatic rings. The number of hydrogen-bond acceptors (Lipinski definition) is 5. The van der Waals surface area contributed by atoms with E-state index in [1.165, 1.54) is 24.3 Å². The van der Waals surface area contributed by atoms with Crippen LogP contribution in [-0.2, 0) is 14.4 Å². The highest BCUT2D eigenvalue weighted by atomic mass is 79.9. The lowest BCUT2D eigenvalue weighted by Gasteiger charge is -2.26. The fraction of sp³-hybridized carbons (Fsp3) is 0.0400. The van der Waals surface area contributed by atoms with E-state index in [1.807, 2.05) is 0 Å². The molecule has 0 radical (unpaired) electrons. The minimum absolute atomic E-state index is 0.193. The van der Waals surface area contributed by atoms with E-state index in [0.29, 0.717) is 25.8 Å². The predicted molar refractivity (Wildman–Crippen MR) is 145 cm³/mol. The summed E-state index contributed by atoms with van der Waals surface area (Å²) in [5.41, 5.74) is 0.618. The van der Waals surface area contributed by atoms with Crippen molar-refractivity contribution in [2.45, 2.75) is 0 Å². The minimum atomic E-state index is -0.904. The molecule has 0 spiro atoms. The van der Waals surface area contributed by atoms with Crippen LogP contribution in [0.2, 0.25) is 15.1 Å². The first-order valence-corrected chi connectivity index (χ1v) is 12.4. The maximum absolute atomic E-state index is 13.2. The van der Waals surface area contributed by atoms with Gasteiger partial charge in [0.15, 0.2) is 6.61 Å². The molecule has 1 heterocycles. The summed E-state index contributed by atoms with van der Waals surface area (Å²) in [5, 5.41) is 5.72. The van der Waals surface area contributed by atoms with Crippen molar-refractivity contribution in [3.63, 3.8) is 0 Å². The third-order valence-corrected chi connectivity index (χ3v) is 6.47. The van der Waals surface area contributed by atoms with Crippen LogP contribution >= 0.6 is 50.7 Å². The molecule has 0 aliphatic carbocycles. The Morgan fingerprint density at radius 3 is 2.51 bits per heavy atom. The van der Waals surface area contributed by atoms with Crippen LogP contribution in [0.25, 0.3) is 6.08 Å². The van der Waals surface area contributed by atoms with Gasteiger partial charge < -0.3 is 10.1 Å². The van der Waals surface area contributed by atoms with Gasteiger partial charge in [-0.2, -0.15) is 0 Å². The lowest BCUT2D eigenvalue weighted by atomic mass is 10.1. The number of urea groups is 1. The normalized spacial score (nSPS) is 14.5. The van der Waals surface area contributed by atoms with Crippen molar-refractivity contribution in [3.8, 4) is 5.75 Å². The quantitative estimate of drug-likeness (QED) is 0.255. The van der Waals surface area contributed by atoms with E-state index in [9.17, 15) is 19.2 Å².